The number of morpholine rings is 1. The van der Waals surface area contributed by atoms with Gasteiger partial charge in [-0.1, -0.05) is 0 Å². The molecule has 3 aromatic heterocycles. The fraction of sp³-hybridized carbons (Fsp3) is 0.400. The minimum atomic E-state index is -0.876. The molecule has 9 nitrogen and oxygen atoms in total. The zero-order chi connectivity index (χ0) is 25.0. The number of aliphatic hydroxyl groups excluding tert-OH is 1. The van der Waals surface area contributed by atoms with Gasteiger partial charge in [-0.3, -0.25) is 4.68 Å². The van der Waals surface area contributed by atoms with Crippen LogP contribution in [0.4, 0.5) is 14.7 Å². The van der Waals surface area contributed by atoms with Gasteiger partial charge in [0.05, 0.1) is 36.8 Å². The van der Waals surface area contributed by atoms with Gasteiger partial charge in [0.25, 0.3) is 0 Å². The van der Waals surface area contributed by atoms with E-state index in [-0.39, 0.29) is 11.3 Å². The van der Waals surface area contributed by atoms with E-state index in [9.17, 15) is 13.9 Å². The number of nitrogens with zero attached hydrogens (tertiary/aromatic N) is 7. The van der Waals surface area contributed by atoms with Crippen molar-refractivity contribution >= 4 is 17.1 Å². The van der Waals surface area contributed by atoms with Gasteiger partial charge in [0, 0.05) is 29.9 Å². The summed E-state index contributed by atoms with van der Waals surface area (Å²) in [7, 11) is 0. The second-order valence-corrected chi connectivity index (χ2v) is 9.35. The maximum absolute atomic E-state index is 14.8. The van der Waals surface area contributed by atoms with Crippen molar-refractivity contribution in [2.45, 2.75) is 44.9 Å². The normalized spacial score (nSPS) is 19.1. The van der Waals surface area contributed by atoms with Crippen LogP contribution in [0.15, 0.2) is 30.6 Å². The molecule has 1 N–H and O–H groups in total. The van der Waals surface area contributed by atoms with E-state index in [1.54, 1.807) is 13.1 Å². The number of aryl methyl sites for hydroxylation is 2. The Morgan fingerprint density at radius 3 is 2.67 bits per heavy atom. The van der Waals surface area contributed by atoms with Gasteiger partial charge in [-0.15, -0.1) is 0 Å². The first-order valence-electron chi connectivity index (χ1n) is 11.9. The molecular weight excluding hydrogens is 468 g/mol. The van der Waals surface area contributed by atoms with E-state index >= 15 is 0 Å². The van der Waals surface area contributed by atoms with E-state index in [1.807, 2.05) is 22.7 Å². The lowest BCUT2D eigenvalue weighted by Gasteiger charge is -2.35. The molecule has 4 heterocycles. The summed E-state index contributed by atoms with van der Waals surface area (Å²) >= 11 is 0. The molecule has 0 unspecified atom stereocenters. The van der Waals surface area contributed by atoms with Crippen molar-refractivity contribution in [2.24, 2.45) is 0 Å². The zero-order valence-electron chi connectivity index (χ0n) is 19.9. The SMILES string of the molecule is Cc1nc2nc(N3CCO[C@H]([C@@H](O)c4cnn(C5CC5)c4)C3)nc(-c3ccc(F)cc3F)c2nc1C. The summed E-state index contributed by atoms with van der Waals surface area (Å²) in [6, 6.07) is 3.76. The average molecular weight is 494 g/mol. The van der Waals surface area contributed by atoms with Crippen LogP contribution in [0.25, 0.3) is 22.4 Å². The molecule has 2 aliphatic rings. The maximum atomic E-state index is 14.8. The molecule has 1 saturated heterocycles. The molecule has 1 aliphatic heterocycles. The summed E-state index contributed by atoms with van der Waals surface area (Å²) in [4.78, 5) is 20.3. The Labute approximate surface area is 205 Å². The van der Waals surface area contributed by atoms with Crippen molar-refractivity contribution in [3.63, 3.8) is 0 Å². The number of benzene rings is 1. The molecule has 6 rings (SSSR count). The Kier molecular flexibility index (Phi) is 5.60. The molecule has 2 fully saturated rings. The first kappa shape index (κ1) is 22.9. The van der Waals surface area contributed by atoms with Crippen molar-refractivity contribution in [2.75, 3.05) is 24.6 Å². The highest BCUT2D eigenvalue weighted by molar-refractivity contribution is 5.88. The summed E-state index contributed by atoms with van der Waals surface area (Å²) in [6.07, 6.45) is 4.33. The zero-order valence-corrected chi connectivity index (χ0v) is 19.9. The highest BCUT2D eigenvalue weighted by atomic mass is 19.1. The second kappa shape index (κ2) is 8.82. The third-order valence-corrected chi connectivity index (χ3v) is 6.73. The van der Waals surface area contributed by atoms with Crippen LogP contribution in [0.3, 0.4) is 0 Å². The average Bonchev–Trinajstić information content (AvgIpc) is 3.60. The van der Waals surface area contributed by atoms with Crippen LogP contribution in [0.2, 0.25) is 0 Å². The number of aromatic nitrogens is 6. The van der Waals surface area contributed by atoms with E-state index in [0.717, 1.165) is 18.9 Å². The fourth-order valence-electron chi connectivity index (χ4n) is 4.42. The first-order valence-corrected chi connectivity index (χ1v) is 11.9. The number of aliphatic hydroxyl groups is 1. The number of hydrogen-bond donors (Lipinski definition) is 1. The number of ether oxygens (including phenoxy) is 1. The van der Waals surface area contributed by atoms with E-state index < -0.39 is 23.8 Å². The van der Waals surface area contributed by atoms with Crippen LogP contribution in [0, 0.1) is 25.5 Å². The number of halogens is 2. The fourth-order valence-corrected chi connectivity index (χ4v) is 4.42. The van der Waals surface area contributed by atoms with Crippen molar-refractivity contribution in [1.82, 2.24) is 29.7 Å². The van der Waals surface area contributed by atoms with Crippen LogP contribution in [0.5, 0.6) is 0 Å². The lowest BCUT2D eigenvalue weighted by atomic mass is 10.1. The van der Waals surface area contributed by atoms with E-state index in [1.165, 1.54) is 12.1 Å². The monoisotopic (exact) mass is 493 g/mol. The van der Waals surface area contributed by atoms with Crippen molar-refractivity contribution < 1.29 is 18.6 Å². The molecule has 186 valence electrons. The Balaban J connectivity index is 1.37. The lowest BCUT2D eigenvalue weighted by molar-refractivity contribution is -0.0461. The van der Waals surface area contributed by atoms with Crippen molar-refractivity contribution in [3.8, 4) is 11.3 Å². The van der Waals surface area contributed by atoms with Crippen LogP contribution >= 0.6 is 0 Å². The molecule has 0 radical (unpaired) electrons. The predicted molar refractivity (Wildman–Crippen MR) is 127 cm³/mol. The summed E-state index contributed by atoms with van der Waals surface area (Å²) < 4.78 is 36.2. The Hall–Kier alpha value is -3.57. The lowest BCUT2D eigenvalue weighted by Crippen LogP contribution is -2.46. The summed E-state index contributed by atoms with van der Waals surface area (Å²) in [5, 5.41) is 15.4. The van der Waals surface area contributed by atoms with E-state index in [2.05, 4.69) is 25.0 Å². The van der Waals surface area contributed by atoms with E-state index in [0.29, 0.717) is 59.8 Å². The van der Waals surface area contributed by atoms with E-state index in [4.69, 9.17) is 4.74 Å². The first-order chi connectivity index (χ1) is 17.4. The largest absolute Gasteiger partial charge is 0.385 e. The molecule has 2 atom stereocenters. The Morgan fingerprint density at radius 2 is 1.89 bits per heavy atom. The molecule has 1 saturated carbocycles. The number of anilines is 1. The summed E-state index contributed by atoms with van der Waals surface area (Å²) in [5.41, 5.74) is 3.06. The predicted octanol–water partition coefficient (Wildman–Crippen LogP) is 3.45. The van der Waals surface area contributed by atoms with Gasteiger partial charge >= 0.3 is 0 Å². The Bertz CT molecular complexity index is 1460. The maximum Gasteiger partial charge on any atom is 0.228 e. The number of fused-ring (bicyclic) bond motifs is 1. The second-order valence-electron chi connectivity index (χ2n) is 9.35. The molecule has 0 amide bonds. The van der Waals surface area contributed by atoms with Gasteiger partial charge in [0.2, 0.25) is 5.95 Å². The molecule has 0 spiro atoms. The van der Waals surface area contributed by atoms with Crippen LogP contribution in [-0.4, -0.2) is 60.6 Å². The van der Waals surface area contributed by atoms with Gasteiger partial charge in [-0.05, 0) is 38.8 Å². The molecule has 0 bridgehead atoms. The third kappa shape index (κ3) is 4.18. The highest BCUT2D eigenvalue weighted by Crippen LogP contribution is 2.35. The Morgan fingerprint density at radius 1 is 1.08 bits per heavy atom. The smallest absolute Gasteiger partial charge is 0.228 e. The molecule has 4 aromatic rings. The highest BCUT2D eigenvalue weighted by Gasteiger charge is 2.32. The quantitative estimate of drug-likeness (QED) is 0.451. The molecule has 11 heteroatoms. The van der Waals surface area contributed by atoms with Gasteiger partial charge in [-0.25, -0.2) is 23.7 Å². The summed E-state index contributed by atoms with van der Waals surface area (Å²) in [6.45, 7) is 4.76. The molecule has 1 aromatic carbocycles. The number of hydrogen-bond acceptors (Lipinski definition) is 8. The summed E-state index contributed by atoms with van der Waals surface area (Å²) in [5.74, 6) is -1.11. The standard InChI is InChI=1S/C25H25F2N7O2/c1-13-14(2)30-24-22(29-13)21(18-6-3-16(26)9-19(18)27)31-25(32-24)33-7-8-36-20(12-33)23(35)15-10-28-34(11-15)17-4-5-17/h3,6,9-11,17,20,23,35H,4-5,7-8,12H2,1-2H3/t20-,23-/m0/s1. The number of rotatable bonds is 5. The van der Waals surface area contributed by atoms with Crippen LogP contribution in [0.1, 0.15) is 41.9 Å². The molecule has 1 aliphatic carbocycles. The molecule has 36 heavy (non-hydrogen) atoms. The topological polar surface area (TPSA) is 102 Å². The van der Waals surface area contributed by atoms with Crippen molar-refractivity contribution in [3.05, 3.63) is 59.2 Å². The molecular formula is C25H25F2N7O2. The minimum absolute atomic E-state index is 0.111. The minimum Gasteiger partial charge on any atom is -0.385 e. The van der Waals surface area contributed by atoms with Gasteiger partial charge in [-0.2, -0.15) is 10.1 Å². The van der Waals surface area contributed by atoms with Gasteiger partial charge in [0.1, 0.15) is 35.1 Å². The van der Waals surface area contributed by atoms with Gasteiger partial charge in [0.15, 0.2) is 5.65 Å². The van der Waals surface area contributed by atoms with Crippen LogP contribution < -0.4 is 4.90 Å². The third-order valence-electron chi connectivity index (χ3n) is 6.73. The van der Waals surface area contributed by atoms with Crippen molar-refractivity contribution in [1.29, 1.82) is 0 Å². The van der Waals surface area contributed by atoms with Crippen LogP contribution in [-0.2, 0) is 4.74 Å². The van der Waals surface area contributed by atoms with Gasteiger partial charge < -0.3 is 14.7 Å².